The van der Waals surface area contributed by atoms with Gasteiger partial charge in [-0.3, -0.25) is 0 Å². The monoisotopic (exact) mass is 464 g/mol. The van der Waals surface area contributed by atoms with E-state index in [0.717, 1.165) is 23.5 Å². The Morgan fingerprint density at radius 1 is 1.04 bits per heavy atom. The van der Waals surface area contributed by atoms with Crippen LogP contribution in [0.4, 0.5) is 0 Å². The number of fused-ring (bicyclic) bond motifs is 5. The zero-order chi connectivity index (χ0) is 19.9. The summed E-state index contributed by atoms with van der Waals surface area (Å²) in [5.74, 6) is 2.89. The molecule has 0 aliphatic heterocycles. The summed E-state index contributed by atoms with van der Waals surface area (Å²) >= 11 is -0.663. The van der Waals surface area contributed by atoms with Gasteiger partial charge in [0.05, 0.1) is 0 Å². The number of allylic oxidation sites excluding steroid dienone is 2. The van der Waals surface area contributed by atoms with Gasteiger partial charge >= 0.3 is 182 Å². The fraction of sp³-hybridized carbons (Fsp3) is 0.880. The molecule has 0 bridgehead atoms. The summed E-state index contributed by atoms with van der Waals surface area (Å²) in [6.07, 6.45) is 15.5. The first-order valence-corrected chi connectivity index (χ1v) is 17.9. The fourth-order valence-corrected chi connectivity index (χ4v) is 18.1. The SMILES string of the molecule is CCC[As](CCC)SC1CCC2(C)C(=CCC3C4CCC(=O)C4(C)CCC32)C1. The Morgan fingerprint density at radius 2 is 1.71 bits per heavy atom. The van der Waals surface area contributed by atoms with E-state index in [1.54, 1.807) is 0 Å². The quantitative estimate of drug-likeness (QED) is 0.300. The number of ketones is 1. The second-order valence-electron chi connectivity index (χ2n) is 10.6. The van der Waals surface area contributed by atoms with Crippen LogP contribution in [0.1, 0.15) is 91.9 Å². The van der Waals surface area contributed by atoms with Gasteiger partial charge in [-0.25, -0.2) is 0 Å². The Balaban J connectivity index is 1.48. The predicted octanol–water partition coefficient (Wildman–Crippen LogP) is 7.43. The van der Waals surface area contributed by atoms with Gasteiger partial charge in [0.15, 0.2) is 0 Å². The first-order valence-electron chi connectivity index (χ1n) is 12.1. The molecule has 3 heteroatoms. The number of rotatable bonds is 6. The third-order valence-corrected chi connectivity index (χ3v) is 19.6. The van der Waals surface area contributed by atoms with Crippen molar-refractivity contribution in [3.63, 3.8) is 0 Å². The zero-order valence-electron chi connectivity index (χ0n) is 18.6. The van der Waals surface area contributed by atoms with Crippen molar-refractivity contribution in [2.75, 3.05) is 0 Å². The van der Waals surface area contributed by atoms with Gasteiger partial charge in [-0.1, -0.05) is 0 Å². The third-order valence-electron chi connectivity index (χ3n) is 9.01. The van der Waals surface area contributed by atoms with Crippen molar-refractivity contribution in [3.8, 4) is 0 Å². The molecular weight excluding hydrogens is 423 g/mol. The van der Waals surface area contributed by atoms with Crippen LogP contribution in [0.5, 0.6) is 0 Å². The minimum atomic E-state index is -0.663. The van der Waals surface area contributed by atoms with Gasteiger partial charge in [0, 0.05) is 0 Å². The van der Waals surface area contributed by atoms with Crippen LogP contribution < -0.4 is 0 Å². The summed E-state index contributed by atoms with van der Waals surface area (Å²) in [6, 6.07) is 0. The van der Waals surface area contributed by atoms with Crippen molar-refractivity contribution in [1.29, 1.82) is 0 Å². The average Bonchev–Trinajstić information content (AvgIpc) is 2.97. The summed E-state index contributed by atoms with van der Waals surface area (Å²) in [6.45, 7) is 9.68. The molecule has 28 heavy (non-hydrogen) atoms. The zero-order valence-corrected chi connectivity index (χ0v) is 21.3. The molecule has 6 atom stereocenters. The Morgan fingerprint density at radius 3 is 2.43 bits per heavy atom. The van der Waals surface area contributed by atoms with Gasteiger partial charge in [-0.15, -0.1) is 0 Å². The molecule has 0 aromatic carbocycles. The van der Waals surface area contributed by atoms with Gasteiger partial charge in [-0.05, 0) is 0 Å². The van der Waals surface area contributed by atoms with Gasteiger partial charge in [0.25, 0.3) is 0 Å². The van der Waals surface area contributed by atoms with Crippen LogP contribution >= 0.6 is 10.0 Å². The maximum atomic E-state index is 12.6. The molecule has 3 fully saturated rings. The molecule has 6 unspecified atom stereocenters. The van der Waals surface area contributed by atoms with Crippen molar-refractivity contribution in [2.24, 2.45) is 28.6 Å². The predicted molar refractivity (Wildman–Crippen MR) is 124 cm³/mol. The second-order valence-corrected chi connectivity index (χ2v) is 19.4. The Labute approximate surface area is 181 Å². The Hall–Kier alpha value is 0.318. The van der Waals surface area contributed by atoms with E-state index in [1.165, 1.54) is 68.2 Å². The second kappa shape index (κ2) is 8.45. The molecule has 4 rings (SSSR count). The van der Waals surface area contributed by atoms with E-state index < -0.39 is 13.5 Å². The van der Waals surface area contributed by atoms with Crippen LogP contribution in [0, 0.1) is 28.6 Å². The van der Waals surface area contributed by atoms with E-state index in [2.05, 4.69) is 43.8 Å². The molecule has 0 aromatic rings. The van der Waals surface area contributed by atoms with Crippen LogP contribution in [-0.2, 0) is 4.79 Å². The van der Waals surface area contributed by atoms with Crippen molar-refractivity contribution in [3.05, 3.63) is 11.6 Å². The molecule has 0 heterocycles. The normalized spacial score (nSPS) is 42.8. The number of carbonyl (C=O) groups excluding carboxylic acids is 1. The third kappa shape index (κ3) is 3.61. The Bertz CT molecular complexity index is 624. The molecule has 1 nitrogen and oxygen atoms in total. The van der Waals surface area contributed by atoms with Crippen LogP contribution in [-0.4, -0.2) is 24.5 Å². The van der Waals surface area contributed by atoms with E-state index in [0.29, 0.717) is 17.1 Å². The maximum absolute atomic E-state index is 12.6. The average molecular weight is 465 g/mol. The van der Waals surface area contributed by atoms with E-state index in [9.17, 15) is 4.79 Å². The fourth-order valence-electron chi connectivity index (χ4n) is 7.42. The van der Waals surface area contributed by atoms with Gasteiger partial charge < -0.3 is 0 Å². The van der Waals surface area contributed by atoms with E-state index >= 15 is 0 Å². The molecule has 0 radical (unpaired) electrons. The summed E-state index contributed by atoms with van der Waals surface area (Å²) in [7, 11) is 2.47. The van der Waals surface area contributed by atoms with Crippen molar-refractivity contribution < 1.29 is 4.79 Å². The molecular formula is C25H41AsOS. The number of hydrogen-bond donors (Lipinski definition) is 0. The van der Waals surface area contributed by atoms with Gasteiger partial charge in [0.1, 0.15) is 0 Å². The van der Waals surface area contributed by atoms with Crippen LogP contribution in [0.15, 0.2) is 11.6 Å². The molecule has 0 spiro atoms. The van der Waals surface area contributed by atoms with Gasteiger partial charge in [0.2, 0.25) is 0 Å². The molecule has 0 amide bonds. The van der Waals surface area contributed by atoms with Crippen LogP contribution in [0.2, 0.25) is 10.4 Å². The van der Waals surface area contributed by atoms with E-state index in [-0.39, 0.29) is 5.41 Å². The summed E-state index contributed by atoms with van der Waals surface area (Å²) in [4.78, 5) is 12.6. The molecule has 3 saturated carbocycles. The van der Waals surface area contributed by atoms with Gasteiger partial charge in [-0.2, -0.15) is 0 Å². The summed E-state index contributed by atoms with van der Waals surface area (Å²) in [5, 5.41) is 3.99. The number of hydrogen-bond acceptors (Lipinski definition) is 2. The minimum absolute atomic E-state index is 0.0231. The standard InChI is InChI=1S/C25H41AsOS/c1-5-15-26(16-6-2)28-19-11-13-24(3)18(17-19)7-8-20-21-9-10-23(27)25(21,4)14-12-22(20)24/h7,19-22H,5-6,8-17H2,1-4H3. The number of Topliss-reactive ketones (excluding diaryl/α,β-unsaturated/α-hetero) is 1. The van der Waals surface area contributed by atoms with Crippen molar-refractivity contribution in [2.45, 2.75) is 108 Å². The van der Waals surface area contributed by atoms with Crippen molar-refractivity contribution in [1.82, 2.24) is 0 Å². The molecule has 4 aliphatic rings. The molecule has 4 aliphatic carbocycles. The van der Waals surface area contributed by atoms with E-state index in [4.69, 9.17) is 0 Å². The Kier molecular flexibility index (Phi) is 6.50. The molecule has 158 valence electrons. The van der Waals surface area contributed by atoms with Crippen LogP contribution in [0.25, 0.3) is 0 Å². The first kappa shape index (κ1) is 21.5. The van der Waals surface area contributed by atoms with E-state index in [1.807, 2.05) is 5.57 Å². The topological polar surface area (TPSA) is 17.1 Å². The summed E-state index contributed by atoms with van der Waals surface area (Å²) in [5.41, 5.74) is 2.29. The van der Waals surface area contributed by atoms with Crippen LogP contribution in [0.3, 0.4) is 0 Å². The molecule has 0 saturated heterocycles. The number of carbonyl (C=O) groups is 1. The van der Waals surface area contributed by atoms with Crippen molar-refractivity contribution >= 4 is 29.3 Å². The first-order chi connectivity index (χ1) is 13.4. The summed E-state index contributed by atoms with van der Waals surface area (Å²) < 4.78 is 0. The molecule has 0 N–H and O–H groups in total. The molecule has 0 aromatic heterocycles.